The summed E-state index contributed by atoms with van der Waals surface area (Å²) in [6.45, 7) is 17.8. The number of aromatic nitrogens is 4. The van der Waals surface area contributed by atoms with E-state index in [1.165, 1.54) is 47.1 Å². The summed E-state index contributed by atoms with van der Waals surface area (Å²) < 4.78 is 22.9. The Labute approximate surface area is 682 Å². The van der Waals surface area contributed by atoms with Gasteiger partial charge in [-0.15, -0.1) is 0 Å². The summed E-state index contributed by atoms with van der Waals surface area (Å²) in [6, 6.07) is 42.0. The molecule has 10 atom stereocenters. The maximum Gasteiger partial charge on any atom is 0.410 e. The third-order valence-corrected chi connectivity index (χ3v) is 22.6. The molecule has 24 heteroatoms. The number of likely N-dealkylation sites (tertiary alicyclic amines) is 1. The van der Waals surface area contributed by atoms with Gasteiger partial charge >= 0.3 is 12.1 Å². The molecule has 11 rings (SSSR count). The highest BCUT2D eigenvalue weighted by molar-refractivity contribution is 6.03. The third kappa shape index (κ3) is 19.3. The molecule has 3 aromatic heterocycles. The Morgan fingerprint density at radius 3 is 1.44 bits per heavy atom. The van der Waals surface area contributed by atoms with Gasteiger partial charge in [0.25, 0.3) is 5.91 Å². The maximum atomic E-state index is 15.0. The monoisotopic (exact) mass is 1590 g/mol. The van der Waals surface area contributed by atoms with E-state index < -0.39 is 96.1 Å². The van der Waals surface area contributed by atoms with Gasteiger partial charge in [0.15, 0.2) is 11.6 Å². The van der Waals surface area contributed by atoms with Crippen LogP contribution in [0.15, 0.2) is 152 Å². The van der Waals surface area contributed by atoms with Gasteiger partial charge in [0.1, 0.15) is 18.7 Å². The van der Waals surface area contributed by atoms with Gasteiger partial charge < -0.3 is 59.8 Å². The van der Waals surface area contributed by atoms with Crippen molar-refractivity contribution in [1.29, 1.82) is 0 Å². The third-order valence-electron chi connectivity index (χ3n) is 22.6. The molecule has 0 spiro atoms. The predicted octanol–water partition coefficient (Wildman–Crippen LogP) is 14.6. The van der Waals surface area contributed by atoms with E-state index in [-0.39, 0.29) is 48.9 Å². The zero-order valence-electron chi connectivity index (χ0n) is 69.1. The number of methoxy groups -OCH3 is 3. The number of ether oxygens (including phenoxy) is 4. The summed E-state index contributed by atoms with van der Waals surface area (Å²) in [7, 11) is 7.45. The summed E-state index contributed by atoms with van der Waals surface area (Å²) in [4.78, 5) is 147. The van der Waals surface area contributed by atoms with Crippen LogP contribution in [0.1, 0.15) is 171 Å². The van der Waals surface area contributed by atoms with Crippen LogP contribution in [0.4, 0.5) is 4.79 Å². The molecule has 0 saturated carbocycles. The molecule has 6 N–H and O–H groups in total. The molecule has 1 unspecified atom stereocenters. The fourth-order valence-electron chi connectivity index (χ4n) is 16.0. The number of carbonyl (C=O) groups is 9. The molecule has 1 saturated heterocycles. The van der Waals surface area contributed by atoms with Crippen LogP contribution in [0, 0.1) is 23.7 Å². The molecule has 0 aliphatic carbocycles. The average molecular weight is 1590 g/mol. The number of benzene rings is 5. The number of rotatable bonds is 31. The smallest absolute Gasteiger partial charge is 0.410 e. The van der Waals surface area contributed by atoms with Crippen LogP contribution in [0.2, 0.25) is 0 Å². The van der Waals surface area contributed by atoms with Crippen LogP contribution in [0.5, 0.6) is 0 Å². The van der Waals surface area contributed by atoms with Crippen LogP contribution in [0.25, 0.3) is 90.9 Å². The molecule has 117 heavy (non-hydrogen) atoms. The molecular formula is C93H106N10O14. The summed E-state index contributed by atoms with van der Waals surface area (Å²) in [6.07, 6.45) is 6.32. The fourth-order valence-corrected chi connectivity index (χ4v) is 16.0. The second kappa shape index (κ2) is 38.2. The number of ketones is 2. The molecule has 3 aliphatic heterocycles. The summed E-state index contributed by atoms with van der Waals surface area (Å²) in [5.74, 6) is -4.43. The number of amides is 6. The standard InChI is InChI=1S/C93H106N10O14/c1-16-54(6)85(77(114-13)51-78(106)103-49-20-23-76(103)87(115-14)55(7)88(108)95-56(8)86(107)65-21-18-17-19-22-65)101(11)91(111)83(52(2)3)100-90(110)84(53(4)5)102(12)93(113)117-50-48-94-89(109)66-36-32-63(33-37-66)81-72-44-42-70(97-72)79(61-28-24-59(25-29-61)57(9)104)68-40-41-69(96-68)80(62-30-26-60(27-31-62)58(10)105)71-43-46-74(98-71)82(75-47-45-73(81)99-75)64-34-38-67(39-35-64)92(112)116-15/h17-19,21-22,24-47,52-56,76-77,83-87,96,99,107H,16,20,23,48-51H2,1-15H3,(H,94,109)(H,95,108)(H,100,110)/t54-,55+,56+,76?,77+,83-,84-,85-,86+,87+/m0/s1. The van der Waals surface area contributed by atoms with Gasteiger partial charge in [-0.05, 0) is 152 Å². The predicted molar refractivity (Wildman–Crippen MR) is 454 cm³/mol. The number of nitrogens with zero attached hydrogens (tertiary/aromatic N) is 5. The largest absolute Gasteiger partial charge is 0.465 e. The first-order valence-corrected chi connectivity index (χ1v) is 39.9. The van der Waals surface area contributed by atoms with E-state index in [4.69, 9.17) is 28.9 Å². The summed E-state index contributed by atoms with van der Waals surface area (Å²) in [5.41, 5.74) is 13.5. The van der Waals surface area contributed by atoms with Crippen molar-refractivity contribution in [2.75, 3.05) is 55.1 Å². The second-order valence-corrected chi connectivity index (χ2v) is 31.1. The van der Waals surface area contributed by atoms with Crippen LogP contribution in [-0.4, -0.2) is 190 Å². The van der Waals surface area contributed by atoms with E-state index in [9.17, 15) is 48.3 Å². The van der Waals surface area contributed by atoms with Gasteiger partial charge in [0.05, 0.1) is 90.8 Å². The van der Waals surface area contributed by atoms with Gasteiger partial charge in [0.2, 0.25) is 23.6 Å². The number of aromatic amines is 2. The van der Waals surface area contributed by atoms with Crippen molar-refractivity contribution in [1.82, 2.24) is 50.6 Å². The highest BCUT2D eigenvalue weighted by Crippen LogP contribution is 2.40. The van der Waals surface area contributed by atoms with Crippen LogP contribution < -0.4 is 16.0 Å². The Kier molecular flexibility index (Phi) is 28.0. The van der Waals surface area contributed by atoms with E-state index in [1.54, 1.807) is 105 Å². The number of hydrogen-bond acceptors (Lipinski definition) is 16. The van der Waals surface area contributed by atoms with Crippen LogP contribution >= 0.6 is 0 Å². The number of nitrogens with one attached hydrogen (secondary N) is 5. The molecular weight excluding hydrogens is 1480 g/mol. The fraction of sp³-hybridized carbons (Fsp3) is 0.366. The lowest BCUT2D eigenvalue weighted by Gasteiger charge is -2.41. The van der Waals surface area contributed by atoms with E-state index in [1.807, 2.05) is 143 Å². The van der Waals surface area contributed by atoms with Crippen molar-refractivity contribution < 1.29 is 67.2 Å². The van der Waals surface area contributed by atoms with Crippen LogP contribution in [-0.2, 0) is 38.1 Å². The number of H-pyrrole nitrogens is 2. The van der Waals surface area contributed by atoms with E-state index in [0.29, 0.717) is 110 Å². The van der Waals surface area contributed by atoms with Gasteiger partial charge in [-0.2, -0.15) is 0 Å². The quantitative estimate of drug-likeness (QED) is 0.0134. The number of aliphatic hydroxyl groups is 1. The minimum Gasteiger partial charge on any atom is -0.465 e. The second-order valence-electron chi connectivity index (χ2n) is 31.1. The van der Waals surface area contributed by atoms with Crippen molar-refractivity contribution in [3.8, 4) is 44.5 Å². The number of hydrogen-bond donors (Lipinski definition) is 6. The number of esters is 1. The Bertz CT molecular complexity index is 5230. The zero-order valence-corrected chi connectivity index (χ0v) is 69.1. The van der Waals surface area contributed by atoms with Crippen molar-refractivity contribution in [2.45, 2.75) is 143 Å². The number of aliphatic hydroxyl groups excluding tert-OH is 1. The van der Waals surface area contributed by atoms with E-state index in [2.05, 4.69) is 25.9 Å². The van der Waals surface area contributed by atoms with Gasteiger partial charge in [-0.3, -0.25) is 38.5 Å². The first-order chi connectivity index (χ1) is 56.0. The molecule has 1 fully saturated rings. The van der Waals surface area contributed by atoms with Gasteiger partial charge in [0, 0.05) is 95.9 Å². The SMILES string of the molecule is CC[C@H](C)[C@@H]([C@@H](CC(=O)N1CCCC1[C@H](OC)[C@@H](C)C(=O)N[C@H](C)[C@@H](O)c1ccccc1)OC)N(C)C(=O)[C@@H](NC(=O)[C@H](C(C)C)N(C)C(=O)OCCNC(=O)c1ccc(-c2c3nc(c(-c4ccc(C(C)=O)cc4)c4ccc([nH]4)c(-c4ccc(C(C)=O)cc4)c4nc(c(-c5ccc(C(=O)OC)cc5)c5ccc2[nH]5)C=C4)C=C3)cc1)C(C)C. The van der Waals surface area contributed by atoms with E-state index >= 15 is 0 Å². The number of carbonyl (C=O) groups excluding carboxylic acids is 9. The number of likely N-dealkylation sites (N-methyl/N-ethyl adjacent to an activating group) is 2. The normalized spacial score (nSPS) is 15.4. The molecule has 8 aromatic rings. The lowest BCUT2D eigenvalue weighted by molar-refractivity contribution is -0.148. The molecule has 6 amide bonds. The van der Waals surface area contributed by atoms with Crippen molar-refractivity contribution >= 4 is 99.5 Å². The first-order valence-electron chi connectivity index (χ1n) is 39.9. The number of Topliss-reactive ketones (excluding diaryl/α,β-unsaturated/α-hetero) is 2. The number of fused-ring (bicyclic) bond motifs is 8. The average Bonchev–Trinajstić information content (AvgIpc) is 1.62. The zero-order chi connectivity index (χ0) is 84.2. The maximum absolute atomic E-state index is 15.0. The highest BCUT2D eigenvalue weighted by atomic mass is 16.6. The molecule has 3 aliphatic rings. The van der Waals surface area contributed by atoms with Crippen LogP contribution in [0.3, 0.4) is 0 Å². The van der Waals surface area contributed by atoms with E-state index in [0.717, 1.165) is 33.3 Å². The van der Waals surface area contributed by atoms with Crippen molar-refractivity contribution in [3.63, 3.8) is 0 Å². The molecule has 24 nitrogen and oxygen atoms in total. The molecule has 6 heterocycles. The lowest BCUT2D eigenvalue weighted by atomic mass is 9.89. The lowest BCUT2D eigenvalue weighted by Crippen LogP contribution is -2.60. The molecule has 612 valence electrons. The first kappa shape index (κ1) is 85.9. The van der Waals surface area contributed by atoms with Gasteiger partial charge in [-0.1, -0.05) is 158 Å². The Morgan fingerprint density at radius 1 is 0.564 bits per heavy atom. The summed E-state index contributed by atoms with van der Waals surface area (Å²) >= 11 is 0. The van der Waals surface area contributed by atoms with Crippen molar-refractivity contribution in [2.24, 2.45) is 23.7 Å². The topological polar surface area (TPSA) is 314 Å². The minimum absolute atomic E-state index is 0.0695. The molecule has 5 aromatic carbocycles. The molecule has 8 bridgehead atoms. The Morgan fingerprint density at radius 2 is 1.03 bits per heavy atom. The Hall–Kier alpha value is -12.0. The molecule has 0 radical (unpaired) electrons. The van der Waals surface area contributed by atoms with Gasteiger partial charge in [-0.25, -0.2) is 19.6 Å². The highest BCUT2D eigenvalue weighted by Gasteiger charge is 2.44. The summed E-state index contributed by atoms with van der Waals surface area (Å²) in [5, 5.41) is 19.8. The Balaban J connectivity index is 0.798. The minimum atomic E-state index is -1.10. The van der Waals surface area contributed by atoms with Crippen molar-refractivity contribution in [3.05, 3.63) is 202 Å².